The molecule has 29 heavy (non-hydrogen) atoms. The lowest BCUT2D eigenvalue weighted by molar-refractivity contribution is -0.385. The van der Waals surface area contributed by atoms with Crippen LogP contribution in [-0.4, -0.2) is 36.5 Å². The smallest absolute Gasteiger partial charge is 0.370 e. The van der Waals surface area contributed by atoms with Crippen LogP contribution < -0.4 is 10.2 Å². The average molecular weight is 409 g/mol. The normalized spacial score (nSPS) is 14.6. The maximum absolute atomic E-state index is 13.0. The second-order valence-corrected chi connectivity index (χ2v) is 6.12. The van der Waals surface area contributed by atoms with E-state index in [4.69, 9.17) is 4.74 Å². The molecule has 2 aromatic rings. The highest BCUT2D eigenvalue weighted by molar-refractivity contribution is 6.05. The Kier molecular flexibility index (Phi) is 5.50. The third-order valence-corrected chi connectivity index (χ3v) is 4.14. The number of amides is 2. The van der Waals surface area contributed by atoms with Gasteiger partial charge in [0.25, 0.3) is 17.5 Å². The van der Waals surface area contributed by atoms with E-state index < -0.39 is 33.8 Å². The molecule has 0 unspecified atom stereocenters. The van der Waals surface area contributed by atoms with Crippen LogP contribution in [-0.2, 0) is 15.7 Å². The van der Waals surface area contributed by atoms with Crippen molar-refractivity contribution in [3.05, 3.63) is 63.7 Å². The van der Waals surface area contributed by atoms with Crippen molar-refractivity contribution in [2.45, 2.75) is 6.18 Å². The highest BCUT2D eigenvalue weighted by Gasteiger charge is 2.33. The van der Waals surface area contributed by atoms with Crippen molar-refractivity contribution in [2.75, 3.05) is 30.0 Å². The van der Waals surface area contributed by atoms with Gasteiger partial charge in [-0.2, -0.15) is 13.2 Å². The molecule has 3 rings (SSSR count). The minimum Gasteiger partial charge on any atom is -0.370 e. The number of alkyl halides is 3. The maximum Gasteiger partial charge on any atom is 0.416 e. The van der Waals surface area contributed by atoms with E-state index >= 15 is 0 Å². The van der Waals surface area contributed by atoms with Crippen LogP contribution in [0, 0.1) is 10.1 Å². The molecule has 1 fully saturated rings. The van der Waals surface area contributed by atoms with E-state index in [2.05, 4.69) is 5.32 Å². The summed E-state index contributed by atoms with van der Waals surface area (Å²) in [5.74, 6) is -1.15. The fourth-order valence-electron chi connectivity index (χ4n) is 2.73. The number of carbonyl (C=O) groups is 2. The van der Waals surface area contributed by atoms with E-state index in [0.29, 0.717) is 31.0 Å². The van der Waals surface area contributed by atoms with E-state index in [1.54, 1.807) is 12.1 Å². The number of hydrogen-bond donors (Lipinski definition) is 1. The van der Waals surface area contributed by atoms with Crippen LogP contribution in [0.2, 0.25) is 0 Å². The third kappa shape index (κ3) is 4.69. The number of morpholine rings is 1. The molecule has 152 valence electrons. The fourth-order valence-corrected chi connectivity index (χ4v) is 2.73. The number of nitro benzene ring substituents is 1. The molecule has 0 spiro atoms. The molecule has 0 radical (unpaired) electrons. The van der Waals surface area contributed by atoms with Crippen LogP contribution >= 0.6 is 0 Å². The molecule has 0 saturated carbocycles. The first-order valence-corrected chi connectivity index (χ1v) is 8.31. The van der Waals surface area contributed by atoms with Gasteiger partial charge in [0.2, 0.25) is 0 Å². The van der Waals surface area contributed by atoms with E-state index in [1.807, 2.05) is 0 Å². The second kappa shape index (κ2) is 7.87. The molecule has 0 aliphatic carbocycles. The monoisotopic (exact) mass is 409 g/mol. The van der Waals surface area contributed by atoms with Crippen molar-refractivity contribution in [1.29, 1.82) is 0 Å². The zero-order chi connectivity index (χ0) is 21.2. The predicted molar refractivity (Wildman–Crippen MR) is 95.7 cm³/mol. The number of hydrogen-bond acceptors (Lipinski definition) is 5. The molecular weight excluding hydrogens is 395 g/mol. The largest absolute Gasteiger partial charge is 0.416 e. The summed E-state index contributed by atoms with van der Waals surface area (Å²) in [6.45, 7) is 0.726. The molecule has 1 aliphatic heterocycles. The highest BCUT2D eigenvalue weighted by Crippen LogP contribution is 2.33. The Labute approximate surface area is 162 Å². The number of halogens is 3. The molecule has 0 aromatic heterocycles. The van der Waals surface area contributed by atoms with Crippen LogP contribution in [0.15, 0.2) is 42.5 Å². The molecule has 0 bridgehead atoms. The Morgan fingerprint density at radius 1 is 1.17 bits per heavy atom. The summed E-state index contributed by atoms with van der Waals surface area (Å²) in [5, 5.41) is 13.3. The van der Waals surface area contributed by atoms with Crippen LogP contribution in [0.3, 0.4) is 0 Å². The molecular formula is C18H14F3N3O5. The van der Waals surface area contributed by atoms with Gasteiger partial charge < -0.3 is 15.0 Å². The summed E-state index contributed by atoms with van der Waals surface area (Å²) in [4.78, 5) is 35.5. The number of rotatable bonds is 4. The first kappa shape index (κ1) is 20.3. The Morgan fingerprint density at radius 3 is 2.45 bits per heavy atom. The Hall–Kier alpha value is -3.47. The number of nitrogens with zero attached hydrogens (tertiary/aromatic N) is 2. The van der Waals surface area contributed by atoms with Gasteiger partial charge in [0, 0.05) is 35.6 Å². The van der Waals surface area contributed by atoms with E-state index in [-0.39, 0.29) is 18.2 Å². The number of nitrogens with one attached hydrogen (secondary N) is 1. The van der Waals surface area contributed by atoms with Gasteiger partial charge in [-0.3, -0.25) is 19.7 Å². The number of carbonyl (C=O) groups excluding carboxylic acids is 2. The predicted octanol–water partition coefficient (Wildman–Crippen LogP) is 3.23. The van der Waals surface area contributed by atoms with Crippen molar-refractivity contribution in [3.63, 3.8) is 0 Å². The van der Waals surface area contributed by atoms with Gasteiger partial charge in [0.15, 0.2) is 0 Å². The van der Waals surface area contributed by atoms with Crippen LogP contribution in [0.4, 0.5) is 30.2 Å². The summed E-state index contributed by atoms with van der Waals surface area (Å²) in [6, 6.07) is 7.75. The molecule has 11 heteroatoms. The fraction of sp³-hybridized carbons (Fsp3) is 0.222. The van der Waals surface area contributed by atoms with E-state index in [1.165, 1.54) is 17.0 Å². The number of ether oxygens (including phenoxy) is 1. The summed E-state index contributed by atoms with van der Waals surface area (Å²) in [5.41, 5.74) is -1.81. The lowest BCUT2D eigenvalue weighted by Crippen LogP contribution is -2.41. The quantitative estimate of drug-likeness (QED) is 0.617. The molecule has 1 aliphatic rings. The minimum absolute atomic E-state index is 0.0349. The second-order valence-electron chi connectivity index (χ2n) is 6.12. The molecule has 2 aromatic carbocycles. The van der Waals surface area contributed by atoms with Gasteiger partial charge in [-0.15, -0.1) is 0 Å². The van der Waals surface area contributed by atoms with Gasteiger partial charge in [-0.25, -0.2) is 0 Å². The van der Waals surface area contributed by atoms with Crippen molar-refractivity contribution < 1.29 is 32.4 Å². The van der Waals surface area contributed by atoms with Gasteiger partial charge in [0.05, 0.1) is 17.1 Å². The molecule has 1 saturated heterocycles. The first-order chi connectivity index (χ1) is 13.6. The lowest BCUT2D eigenvalue weighted by atomic mass is 10.1. The highest BCUT2D eigenvalue weighted by atomic mass is 19.4. The maximum atomic E-state index is 13.0. The standard InChI is InChI=1S/C18H14F3N3O5/c19-18(20,21)12-7-11(8-15(9-12)24(27)28)17(26)22-13-1-3-14(4-2-13)23-5-6-29-10-16(23)25/h1-4,7-9H,5-6,10H2,(H,22,26). The Bertz CT molecular complexity index is 960. The summed E-state index contributed by atoms with van der Waals surface area (Å²) < 4.78 is 43.9. The molecule has 0 atom stereocenters. The molecule has 8 nitrogen and oxygen atoms in total. The van der Waals surface area contributed by atoms with Crippen molar-refractivity contribution >= 4 is 28.9 Å². The molecule has 1 N–H and O–H groups in total. The van der Waals surface area contributed by atoms with Gasteiger partial charge in [-0.05, 0) is 30.3 Å². The summed E-state index contributed by atoms with van der Waals surface area (Å²) in [6.07, 6.45) is -4.84. The number of nitro groups is 1. The Morgan fingerprint density at radius 2 is 1.86 bits per heavy atom. The summed E-state index contributed by atoms with van der Waals surface area (Å²) >= 11 is 0. The first-order valence-electron chi connectivity index (χ1n) is 8.31. The summed E-state index contributed by atoms with van der Waals surface area (Å²) in [7, 11) is 0. The zero-order valence-electron chi connectivity index (χ0n) is 14.7. The topological polar surface area (TPSA) is 102 Å². The minimum atomic E-state index is -4.84. The van der Waals surface area contributed by atoms with Crippen molar-refractivity contribution in [2.24, 2.45) is 0 Å². The van der Waals surface area contributed by atoms with Crippen LogP contribution in [0.5, 0.6) is 0 Å². The van der Waals surface area contributed by atoms with E-state index in [9.17, 15) is 32.9 Å². The zero-order valence-corrected chi connectivity index (χ0v) is 14.7. The van der Waals surface area contributed by atoms with Gasteiger partial charge in [-0.1, -0.05) is 0 Å². The van der Waals surface area contributed by atoms with Gasteiger partial charge >= 0.3 is 6.18 Å². The molecule has 1 heterocycles. The number of non-ortho nitro benzene ring substituents is 1. The van der Waals surface area contributed by atoms with Crippen molar-refractivity contribution in [3.8, 4) is 0 Å². The number of anilines is 2. The Balaban J connectivity index is 1.80. The third-order valence-electron chi connectivity index (χ3n) is 4.14. The molecule has 2 amide bonds. The van der Waals surface area contributed by atoms with Crippen molar-refractivity contribution in [1.82, 2.24) is 0 Å². The van der Waals surface area contributed by atoms with Gasteiger partial charge in [0.1, 0.15) is 6.61 Å². The lowest BCUT2D eigenvalue weighted by Gasteiger charge is -2.26. The van der Waals surface area contributed by atoms with Crippen LogP contribution in [0.25, 0.3) is 0 Å². The SMILES string of the molecule is O=C(Nc1ccc(N2CCOCC2=O)cc1)c1cc([N+](=O)[O-])cc(C(F)(F)F)c1. The van der Waals surface area contributed by atoms with Crippen LogP contribution in [0.1, 0.15) is 15.9 Å². The average Bonchev–Trinajstić information content (AvgIpc) is 2.68. The van der Waals surface area contributed by atoms with E-state index in [0.717, 1.165) is 6.07 Å². The number of benzene rings is 2.